The molecule has 1 aromatic rings. The van der Waals surface area contributed by atoms with Gasteiger partial charge in [0.25, 0.3) is 0 Å². The number of aldehydes is 1. The number of carbonyl (C=O) groups is 2. The van der Waals surface area contributed by atoms with Crippen molar-refractivity contribution in [1.82, 2.24) is 0 Å². The van der Waals surface area contributed by atoms with E-state index in [4.69, 9.17) is 0 Å². The first-order valence-corrected chi connectivity index (χ1v) is 6.73. The van der Waals surface area contributed by atoms with E-state index in [0.29, 0.717) is 18.8 Å². The third-order valence-corrected chi connectivity index (χ3v) is 4.65. The Morgan fingerprint density at radius 2 is 2.11 bits per heavy atom. The van der Waals surface area contributed by atoms with Crippen molar-refractivity contribution in [2.45, 2.75) is 39.0 Å². The largest absolute Gasteiger partial charge is 0.481 e. The lowest BCUT2D eigenvalue weighted by Crippen LogP contribution is -2.41. The van der Waals surface area contributed by atoms with Gasteiger partial charge in [-0.25, -0.2) is 0 Å². The second-order valence-electron chi connectivity index (χ2n) is 5.79. The van der Waals surface area contributed by atoms with Gasteiger partial charge in [0.15, 0.2) is 0 Å². The first-order chi connectivity index (χ1) is 8.99. The third kappa shape index (κ3) is 2.42. The minimum absolute atomic E-state index is 0.295. The summed E-state index contributed by atoms with van der Waals surface area (Å²) in [5, 5.41) is 9.35. The predicted molar refractivity (Wildman–Crippen MR) is 73.1 cm³/mol. The minimum Gasteiger partial charge on any atom is -0.481 e. The van der Waals surface area contributed by atoms with E-state index in [-0.39, 0.29) is 0 Å². The zero-order valence-corrected chi connectivity index (χ0v) is 11.4. The molecule has 102 valence electrons. The molecule has 0 aromatic heterocycles. The van der Waals surface area contributed by atoms with Crippen molar-refractivity contribution >= 4 is 12.3 Å². The Kier molecular flexibility index (Phi) is 3.74. The molecule has 19 heavy (non-hydrogen) atoms. The zero-order valence-electron chi connectivity index (χ0n) is 11.4. The Balaban J connectivity index is 2.25. The second kappa shape index (κ2) is 5.16. The zero-order chi connectivity index (χ0) is 14.0. The molecule has 0 spiro atoms. The van der Waals surface area contributed by atoms with Gasteiger partial charge in [0.05, 0.1) is 5.41 Å². The monoisotopic (exact) mass is 260 g/mol. The van der Waals surface area contributed by atoms with E-state index in [9.17, 15) is 14.7 Å². The summed E-state index contributed by atoms with van der Waals surface area (Å²) in [6, 6.07) is 8.16. The Labute approximate surface area is 113 Å². The standard InChI is InChI=1S/C16H20O3/c1-11-5-3-4-6-14(11)12-7-8-16(2,15(18)19)13(9-12)10-17/h3-6,10,12-13H,7-9H2,1-2H3,(H,18,19). The Morgan fingerprint density at radius 1 is 1.42 bits per heavy atom. The smallest absolute Gasteiger partial charge is 0.310 e. The van der Waals surface area contributed by atoms with E-state index < -0.39 is 17.3 Å². The molecule has 1 saturated carbocycles. The predicted octanol–water partition coefficient (Wildman–Crippen LogP) is 3.17. The molecule has 1 aromatic carbocycles. The number of carboxylic acids is 1. The molecule has 0 heterocycles. The molecule has 0 aliphatic heterocycles. The number of carbonyl (C=O) groups excluding carboxylic acids is 1. The topological polar surface area (TPSA) is 54.4 Å². The van der Waals surface area contributed by atoms with Crippen LogP contribution >= 0.6 is 0 Å². The fourth-order valence-corrected chi connectivity index (χ4v) is 3.14. The molecule has 3 unspecified atom stereocenters. The molecule has 1 aliphatic rings. The number of aliphatic carboxylic acids is 1. The van der Waals surface area contributed by atoms with Crippen molar-refractivity contribution in [3.63, 3.8) is 0 Å². The van der Waals surface area contributed by atoms with E-state index >= 15 is 0 Å². The Hall–Kier alpha value is -1.64. The lowest BCUT2D eigenvalue weighted by molar-refractivity contribution is -0.155. The number of benzene rings is 1. The summed E-state index contributed by atoms with van der Waals surface area (Å²) in [6.45, 7) is 3.76. The number of aryl methyl sites for hydroxylation is 1. The maximum atomic E-state index is 11.4. The molecule has 1 aliphatic carbocycles. The molecule has 0 amide bonds. The van der Waals surface area contributed by atoms with Gasteiger partial charge in [-0.1, -0.05) is 24.3 Å². The van der Waals surface area contributed by atoms with Gasteiger partial charge in [-0.3, -0.25) is 4.79 Å². The molecular weight excluding hydrogens is 240 g/mol. The lowest BCUT2D eigenvalue weighted by atomic mass is 9.63. The van der Waals surface area contributed by atoms with Crippen LogP contribution in [0.15, 0.2) is 24.3 Å². The summed E-state index contributed by atoms with van der Waals surface area (Å²) < 4.78 is 0. The Bertz CT molecular complexity index is 495. The van der Waals surface area contributed by atoms with Crippen LogP contribution in [-0.2, 0) is 9.59 Å². The van der Waals surface area contributed by atoms with Crippen molar-refractivity contribution in [2.24, 2.45) is 11.3 Å². The summed E-state index contributed by atoms with van der Waals surface area (Å²) in [5.74, 6) is -0.958. The van der Waals surface area contributed by atoms with Crippen molar-refractivity contribution in [3.05, 3.63) is 35.4 Å². The van der Waals surface area contributed by atoms with Crippen LogP contribution in [0.3, 0.4) is 0 Å². The normalized spacial score (nSPS) is 30.8. The SMILES string of the molecule is Cc1ccccc1C1CCC(C)(C(=O)O)C(C=O)C1. The van der Waals surface area contributed by atoms with E-state index in [2.05, 4.69) is 19.1 Å². The molecule has 2 rings (SSSR count). The van der Waals surface area contributed by atoms with Crippen LogP contribution in [0.4, 0.5) is 0 Å². The van der Waals surface area contributed by atoms with Crippen LogP contribution in [0.2, 0.25) is 0 Å². The molecule has 0 saturated heterocycles. The quantitative estimate of drug-likeness (QED) is 0.849. The summed E-state index contributed by atoms with van der Waals surface area (Å²) in [4.78, 5) is 22.7. The Morgan fingerprint density at radius 3 is 2.68 bits per heavy atom. The highest BCUT2D eigenvalue weighted by atomic mass is 16.4. The molecule has 0 radical (unpaired) electrons. The van der Waals surface area contributed by atoms with Crippen molar-refractivity contribution in [1.29, 1.82) is 0 Å². The highest BCUT2D eigenvalue weighted by molar-refractivity contribution is 5.79. The van der Waals surface area contributed by atoms with Gasteiger partial charge in [-0.2, -0.15) is 0 Å². The van der Waals surface area contributed by atoms with Crippen LogP contribution in [0.5, 0.6) is 0 Å². The molecular formula is C16H20O3. The van der Waals surface area contributed by atoms with Crippen LogP contribution in [0, 0.1) is 18.3 Å². The highest BCUT2D eigenvalue weighted by Gasteiger charge is 2.45. The van der Waals surface area contributed by atoms with E-state index in [0.717, 1.165) is 12.7 Å². The fourth-order valence-electron chi connectivity index (χ4n) is 3.14. The van der Waals surface area contributed by atoms with Gasteiger partial charge in [0, 0.05) is 5.92 Å². The number of rotatable bonds is 3. The van der Waals surface area contributed by atoms with Crippen LogP contribution < -0.4 is 0 Å². The first kappa shape index (κ1) is 13.8. The minimum atomic E-state index is -0.902. The summed E-state index contributed by atoms with van der Waals surface area (Å²) >= 11 is 0. The fraction of sp³-hybridized carbons (Fsp3) is 0.500. The van der Waals surface area contributed by atoms with E-state index in [1.54, 1.807) is 6.92 Å². The molecule has 3 heteroatoms. The van der Waals surface area contributed by atoms with Gasteiger partial charge in [0.1, 0.15) is 6.29 Å². The maximum Gasteiger partial charge on any atom is 0.310 e. The summed E-state index contributed by atoms with van der Waals surface area (Å²) in [5.41, 5.74) is 1.57. The number of carboxylic acid groups (broad SMARTS) is 1. The van der Waals surface area contributed by atoms with E-state index in [1.807, 2.05) is 12.1 Å². The summed E-state index contributed by atoms with van der Waals surface area (Å²) in [6.07, 6.45) is 2.86. The van der Waals surface area contributed by atoms with Gasteiger partial charge in [-0.15, -0.1) is 0 Å². The first-order valence-electron chi connectivity index (χ1n) is 6.73. The van der Waals surface area contributed by atoms with Crippen LogP contribution in [0.25, 0.3) is 0 Å². The van der Waals surface area contributed by atoms with Gasteiger partial charge in [-0.05, 0) is 50.2 Å². The van der Waals surface area contributed by atoms with E-state index in [1.165, 1.54) is 11.1 Å². The summed E-state index contributed by atoms with van der Waals surface area (Å²) in [7, 11) is 0. The van der Waals surface area contributed by atoms with Gasteiger partial charge >= 0.3 is 5.97 Å². The van der Waals surface area contributed by atoms with Crippen molar-refractivity contribution in [3.8, 4) is 0 Å². The number of hydrogen-bond acceptors (Lipinski definition) is 2. The molecule has 1 N–H and O–H groups in total. The van der Waals surface area contributed by atoms with Crippen molar-refractivity contribution < 1.29 is 14.7 Å². The average Bonchev–Trinajstić information content (AvgIpc) is 2.40. The highest BCUT2D eigenvalue weighted by Crippen LogP contribution is 2.46. The molecule has 3 nitrogen and oxygen atoms in total. The second-order valence-corrected chi connectivity index (χ2v) is 5.79. The molecule has 0 bridgehead atoms. The van der Waals surface area contributed by atoms with Gasteiger partial charge < -0.3 is 9.90 Å². The molecule has 1 fully saturated rings. The van der Waals surface area contributed by atoms with Crippen LogP contribution in [0.1, 0.15) is 43.2 Å². The maximum absolute atomic E-state index is 11.4. The average molecular weight is 260 g/mol. The van der Waals surface area contributed by atoms with Crippen LogP contribution in [-0.4, -0.2) is 17.4 Å². The molecule has 3 atom stereocenters. The third-order valence-electron chi connectivity index (χ3n) is 4.65. The number of hydrogen-bond donors (Lipinski definition) is 1. The van der Waals surface area contributed by atoms with Gasteiger partial charge in [0.2, 0.25) is 0 Å². The van der Waals surface area contributed by atoms with Crippen molar-refractivity contribution in [2.75, 3.05) is 0 Å². The lowest BCUT2D eigenvalue weighted by Gasteiger charge is -2.39.